The summed E-state index contributed by atoms with van der Waals surface area (Å²) >= 11 is 11.8. The Morgan fingerprint density at radius 1 is 0.593 bits per heavy atom. The van der Waals surface area contributed by atoms with Gasteiger partial charge >= 0.3 is 0 Å². The maximum Gasteiger partial charge on any atom is 0.261 e. The van der Waals surface area contributed by atoms with Crippen LogP contribution in [0.3, 0.4) is 0 Å². The normalized spacial score (nSPS) is 15.6. The lowest BCUT2D eigenvalue weighted by molar-refractivity contribution is 0.0627. The second-order valence-electron chi connectivity index (χ2n) is 6.26. The van der Waals surface area contributed by atoms with Gasteiger partial charge in [-0.3, -0.25) is 29.0 Å². The van der Waals surface area contributed by atoms with Gasteiger partial charge in [-0.1, -0.05) is 23.2 Å². The zero-order chi connectivity index (χ0) is 19.3. The van der Waals surface area contributed by atoms with Crippen molar-refractivity contribution in [2.24, 2.45) is 0 Å². The van der Waals surface area contributed by atoms with Crippen LogP contribution in [0.15, 0.2) is 36.4 Å². The van der Waals surface area contributed by atoms with Crippen LogP contribution in [0.1, 0.15) is 47.9 Å². The molecule has 2 aliphatic heterocycles. The Kier molecular flexibility index (Phi) is 4.25. The van der Waals surface area contributed by atoms with Crippen LogP contribution in [0.2, 0.25) is 10.0 Å². The van der Waals surface area contributed by atoms with Gasteiger partial charge in [-0.15, -0.1) is 0 Å². The van der Waals surface area contributed by atoms with Crippen LogP contribution >= 0.6 is 23.2 Å². The first-order chi connectivity index (χ1) is 12.9. The van der Waals surface area contributed by atoms with E-state index in [-0.39, 0.29) is 30.6 Å². The first-order valence-electron chi connectivity index (χ1n) is 8.20. The van der Waals surface area contributed by atoms with E-state index in [1.165, 1.54) is 24.3 Å². The number of benzene rings is 2. The molecule has 2 aliphatic rings. The molecule has 2 aromatic rings. The van der Waals surface area contributed by atoms with Gasteiger partial charge in [0.15, 0.2) is 0 Å². The fraction of sp³-hybridized carbons (Fsp3) is 0.158. The predicted octanol–water partition coefficient (Wildman–Crippen LogP) is 3.28. The number of hydrogen-bond acceptors (Lipinski definition) is 4. The van der Waals surface area contributed by atoms with Gasteiger partial charge in [-0.2, -0.15) is 0 Å². The molecule has 0 unspecified atom stereocenters. The molecule has 4 rings (SSSR count). The van der Waals surface area contributed by atoms with Crippen LogP contribution < -0.4 is 0 Å². The number of hydrogen-bond donors (Lipinski definition) is 0. The molecule has 0 saturated heterocycles. The minimum atomic E-state index is -0.424. The summed E-state index contributed by atoms with van der Waals surface area (Å²) in [5.74, 6) is -1.65. The van der Waals surface area contributed by atoms with Gasteiger partial charge < -0.3 is 0 Å². The largest absolute Gasteiger partial charge is 0.274 e. The van der Waals surface area contributed by atoms with E-state index < -0.39 is 23.6 Å². The molecule has 136 valence electrons. The number of nitrogens with zero attached hydrogens (tertiary/aromatic N) is 2. The molecule has 2 heterocycles. The van der Waals surface area contributed by atoms with Crippen LogP contribution in [0, 0.1) is 0 Å². The van der Waals surface area contributed by atoms with E-state index in [1.807, 2.05) is 0 Å². The molecule has 0 atom stereocenters. The van der Waals surface area contributed by atoms with Crippen LogP contribution in [-0.4, -0.2) is 46.5 Å². The predicted molar refractivity (Wildman–Crippen MR) is 98.3 cm³/mol. The highest BCUT2D eigenvalue weighted by Crippen LogP contribution is 2.28. The Labute approximate surface area is 164 Å². The highest BCUT2D eigenvalue weighted by molar-refractivity contribution is 6.32. The molecule has 27 heavy (non-hydrogen) atoms. The topological polar surface area (TPSA) is 74.8 Å². The van der Waals surface area contributed by atoms with Crippen molar-refractivity contribution >= 4 is 46.8 Å². The summed E-state index contributed by atoms with van der Waals surface area (Å²) in [4.78, 5) is 51.8. The lowest BCUT2D eigenvalue weighted by atomic mass is 10.1. The second kappa shape index (κ2) is 6.48. The van der Waals surface area contributed by atoms with Gasteiger partial charge in [0, 0.05) is 23.1 Å². The molecule has 0 aromatic heterocycles. The number of fused-ring (bicyclic) bond motifs is 2. The van der Waals surface area contributed by atoms with E-state index in [0.29, 0.717) is 21.2 Å². The summed E-state index contributed by atoms with van der Waals surface area (Å²) in [6.07, 6.45) is 0.276. The number of rotatable bonds is 4. The SMILES string of the molecule is O=C1c2ccc(Cl)cc2C(=O)N1CCCN1C(=O)c2ccc(Cl)cc2C1=O. The molecule has 0 bridgehead atoms. The number of carbonyl (C=O) groups is 4. The molecule has 0 saturated carbocycles. The third-order valence-electron chi connectivity index (χ3n) is 4.63. The van der Waals surface area contributed by atoms with E-state index >= 15 is 0 Å². The minimum Gasteiger partial charge on any atom is -0.274 e. The Morgan fingerprint density at radius 2 is 0.963 bits per heavy atom. The van der Waals surface area contributed by atoms with Crippen molar-refractivity contribution in [3.05, 3.63) is 68.7 Å². The number of carbonyl (C=O) groups excluding carboxylic acids is 4. The Hall–Kier alpha value is -2.70. The zero-order valence-corrected chi connectivity index (χ0v) is 15.4. The highest BCUT2D eigenvalue weighted by atomic mass is 35.5. The molecular weight excluding hydrogens is 391 g/mol. The van der Waals surface area contributed by atoms with Crippen molar-refractivity contribution in [2.75, 3.05) is 13.1 Å². The summed E-state index contributed by atoms with van der Waals surface area (Å²) in [6, 6.07) is 9.08. The molecular formula is C19H12Cl2N2O4. The average molecular weight is 403 g/mol. The van der Waals surface area contributed by atoms with Gasteiger partial charge in [-0.05, 0) is 42.8 Å². The molecule has 6 nitrogen and oxygen atoms in total. The molecule has 0 spiro atoms. The molecule has 0 radical (unpaired) electrons. The fourth-order valence-electron chi connectivity index (χ4n) is 3.32. The lowest BCUT2D eigenvalue weighted by Crippen LogP contribution is -2.35. The van der Waals surface area contributed by atoms with Gasteiger partial charge in [0.2, 0.25) is 0 Å². The van der Waals surface area contributed by atoms with E-state index in [2.05, 4.69) is 0 Å². The molecule has 4 amide bonds. The monoisotopic (exact) mass is 402 g/mol. The first kappa shape index (κ1) is 17.7. The maximum absolute atomic E-state index is 12.4. The zero-order valence-electron chi connectivity index (χ0n) is 13.9. The molecule has 0 aliphatic carbocycles. The number of amides is 4. The van der Waals surface area contributed by atoms with E-state index in [4.69, 9.17) is 23.2 Å². The van der Waals surface area contributed by atoms with Gasteiger partial charge in [-0.25, -0.2) is 0 Å². The molecule has 0 N–H and O–H groups in total. The van der Waals surface area contributed by atoms with Crippen molar-refractivity contribution in [3.63, 3.8) is 0 Å². The summed E-state index contributed by atoms with van der Waals surface area (Å²) in [5.41, 5.74) is 1.14. The van der Waals surface area contributed by atoms with Crippen molar-refractivity contribution in [2.45, 2.75) is 6.42 Å². The van der Waals surface area contributed by atoms with Gasteiger partial charge in [0.1, 0.15) is 0 Å². The van der Waals surface area contributed by atoms with Gasteiger partial charge in [0.25, 0.3) is 23.6 Å². The van der Waals surface area contributed by atoms with Crippen LogP contribution in [0.4, 0.5) is 0 Å². The third-order valence-corrected chi connectivity index (χ3v) is 5.10. The highest BCUT2D eigenvalue weighted by Gasteiger charge is 2.37. The number of imide groups is 2. The Bertz CT molecular complexity index is 953. The van der Waals surface area contributed by atoms with Gasteiger partial charge in [0.05, 0.1) is 22.3 Å². The van der Waals surface area contributed by atoms with Crippen LogP contribution in [0.5, 0.6) is 0 Å². The van der Waals surface area contributed by atoms with Crippen molar-refractivity contribution in [1.82, 2.24) is 9.80 Å². The molecule has 0 fully saturated rings. The fourth-order valence-corrected chi connectivity index (χ4v) is 3.66. The summed E-state index contributed by atoms with van der Waals surface area (Å²) in [6.45, 7) is 0.191. The molecule has 2 aromatic carbocycles. The van der Waals surface area contributed by atoms with Crippen molar-refractivity contribution in [3.8, 4) is 0 Å². The Balaban J connectivity index is 1.44. The van der Waals surface area contributed by atoms with Crippen molar-refractivity contribution in [1.29, 1.82) is 0 Å². The van der Waals surface area contributed by atoms with E-state index in [9.17, 15) is 19.2 Å². The standard InChI is InChI=1S/C19H12Cl2N2O4/c20-10-2-4-12-14(8-10)18(26)22(16(12)24)6-1-7-23-17(25)13-5-3-11(21)9-15(13)19(23)27/h2-5,8-9H,1,6-7H2. The van der Waals surface area contributed by atoms with Crippen LogP contribution in [-0.2, 0) is 0 Å². The van der Waals surface area contributed by atoms with E-state index in [0.717, 1.165) is 9.80 Å². The minimum absolute atomic E-state index is 0.0954. The quantitative estimate of drug-likeness (QED) is 0.735. The summed E-state index contributed by atoms with van der Waals surface area (Å²) < 4.78 is 0. The lowest BCUT2D eigenvalue weighted by Gasteiger charge is -2.17. The third kappa shape index (κ3) is 2.81. The molecule has 8 heteroatoms. The summed E-state index contributed by atoms with van der Waals surface area (Å²) in [7, 11) is 0. The Morgan fingerprint density at radius 3 is 1.37 bits per heavy atom. The second-order valence-corrected chi connectivity index (χ2v) is 7.13. The van der Waals surface area contributed by atoms with Crippen molar-refractivity contribution < 1.29 is 19.2 Å². The average Bonchev–Trinajstić information content (AvgIpc) is 3.01. The van der Waals surface area contributed by atoms with Crippen LogP contribution in [0.25, 0.3) is 0 Å². The van der Waals surface area contributed by atoms with E-state index in [1.54, 1.807) is 12.1 Å². The number of halogens is 2. The smallest absolute Gasteiger partial charge is 0.261 e. The first-order valence-corrected chi connectivity index (χ1v) is 8.95. The summed E-state index contributed by atoms with van der Waals surface area (Å²) in [5, 5.41) is 0.753. The maximum atomic E-state index is 12.4.